The SMILES string of the molecule is NC[C@@H](O)CSc1ncc[nH]1. The Morgan fingerprint density at radius 2 is 2.64 bits per heavy atom. The summed E-state index contributed by atoms with van der Waals surface area (Å²) in [4.78, 5) is 6.89. The van der Waals surface area contributed by atoms with Gasteiger partial charge in [0.2, 0.25) is 0 Å². The largest absolute Gasteiger partial charge is 0.391 e. The molecule has 0 aliphatic rings. The Balaban J connectivity index is 2.23. The number of nitrogens with one attached hydrogen (secondary N) is 1. The van der Waals surface area contributed by atoms with Crippen molar-refractivity contribution < 1.29 is 5.11 Å². The van der Waals surface area contributed by atoms with Crippen LogP contribution in [0.4, 0.5) is 0 Å². The lowest BCUT2D eigenvalue weighted by molar-refractivity contribution is 0.208. The Kier molecular flexibility index (Phi) is 3.41. The second-order valence-electron chi connectivity index (χ2n) is 2.09. The number of imidazole rings is 1. The van der Waals surface area contributed by atoms with Gasteiger partial charge in [0.05, 0.1) is 6.10 Å². The molecular weight excluding hydrogens is 162 g/mol. The minimum Gasteiger partial charge on any atom is -0.391 e. The molecule has 0 unspecified atom stereocenters. The van der Waals surface area contributed by atoms with E-state index in [0.717, 1.165) is 5.16 Å². The highest BCUT2D eigenvalue weighted by molar-refractivity contribution is 7.99. The van der Waals surface area contributed by atoms with Gasteiger partial charge in [-0.1, -0.05) is 11.8 Å². The van der Waals surface area contributed by atoms with Crippen LogP contribution in [0.5, 0.6) is 0 Å². The van der Waals surface area contributed by atoms with E-state index in [1.807, 2.05) is 0 Å². The van der Waals surface area contributed by atoms with Gasteiger partial charge in [0.25, 0.3) is 0 Å². The molecule has 0 aliphatic heterocycles. The quantitative estimate of drug-likeness (QED) is 0.552. The fourth-order valence-electron chi connectivity index (χ4n) is 0.573. The third kappa shape index (κ3) is 2.92. The predicted octanol–water partition coefficient (Wildman–Crippen LogP) is -0.179. The Morgan fingerprint density at radius 3 is 3.18 bits per heavy atom. The van der Waals surface area contributed by atoms with Crippen LogP contribution in [0.25, 0.3) is 0 Å². The second-order valence-corrected chi connectivity index (χ2v) is 3.10. The number of nitrogens with two attached hydrogens (primary N) is 1. The van der Waals surface area contributed by atoms with Crippen molar-refractivity contribution in [3.8, 4) is 0 Å². The van der Waals surface area contributed by atoms with E-state index in [2.05, 4.69) is 9.97 Å². The van der Waals surface area contributed by atoms with E-state index in [1.165, 1.54) is 11.8 Å². The Bertz CT molecular complexity index is 190. The van der Waals surface area contributed by atoms with Crippen LogP contribution in [0.3, 0.4) is 0 Å². The van der Waals surface area contributed by atoms with E-state index in [1.54, 1.807) is 12.4 Å². The van der Waals surface area contributed by atoms with E-state index in [4.69, 9.17) is 10.8 Å². The first-order chi connectivity index (χ1) is 5.33. The highest BCUT2D eigenvalue weighted by atomic mass is 32.2. The van der Waals surface area contributed by atoms with Crippen LogP contribution < -0.4 is 5.73 Å². The van der Waals surface area contributed by atoms with Gasteiger partial charge in [0.1, 0.15) is 0 Å². The molecule has 0 saturated carbocycles. The van der Waals surface area contributed by atoms with Gasteiger partial charge in [-0.15, -0.1) is 0 Å². The maximum absolute atomic E-state index is 9.07. The molecule has 4 N–H and O–H groups in total. The molecule has 1 aromatic rings. The predicted molar refractivity (Wildman–Crippen MR) is 44.4 cm³/mol. The minimum atomic E-state index is -0.440. The molecule has 62 valence electrons. The van der Waals surface area contributed by atoms with Crippen molar-refractivity contribution in [2.75, 3.05) is 12.3 Å². The zero-order valence-electron chi connectivity index (χ0n) is 6.03. The zero-order chi connectivity index (χ0) is 8.10. The van der Waals surface area contributed by atoms with E-state index in [9.17, 15) is 0 Å². The van der Waals surface area contributed by atoms with Gasteiger partial charge in [-0.3, -0.25) is 0 Å². The number of aliphatic hydroxyl groups excluding tert-OH is 1. The number of hydrogen-bond acceptors (Lipinski definition) is 4. The van der Waals surface area contributed by atoms with Gasteiger partial charge >= 0.3 is 0 Å². The summed E-state index contributed by atoms with van der Waals surface area (Å²) in [6.45, 7) is 0.299. The number of hydrogen-bond donors (Lipinski definition) is 3. The molecule has 0 saturated heterocycles. The number of aromatic nitrogens is 2. The fraction of sp³-hybridized carbons (Fsp3) is 0.500. The smallest absolute Gasteiger partial charge is 0.165 e. The average molecular weight is 173 g/mol. The van der Waals surface area contributed by atoms with Crippen LogP contribution in [0.1, 0.15) is 0 Å². The third-order valence-corrected chi connectivity index (χ3v) is 2.21. The summed E-state index contributed by atoms with van der Waals surface area (Å²) in [5.74, 6) is 0.587. The van der Waals surface area contributed by atoms with Crippen molar-refractivity contribution in [2.24, 2.45) is 5.73 Å². The van der Waals surface area contributed by atoms with Gasteiger partial charge in [0, 0.05) is 24.7 Å². The topological polar surface area (TPSA) is 74.9 Å². The molecule has 11 heavy (non-hydrogen) atoms. The third-order valence-electron chi connectivity index (χ3n) is 1.16. The van der Waals surface area contributed by atoms with Crippen LogP contribution in [0.15, 0.2) is 17.6 Å². The average Bonchev–Trinajstić information content (AvgIpc) is 2.52. The normalized spacial score (nSPS) is 13.3. The number of H-pyrrole nitrogens is 1. The van der Waals surface area contributed by atoms with Gasteiger partial charge in [-0.25, -0.2) is 4.98 Å². The molecule has 1 aromatic heterocycles. The monoisotopic (exact) mass is 173 g/mol. The second kappa shape index (κ2) is 4.38. The molecular formula is C6H11N3OS. The maximum Gasteiger partial charge on any atom is 0.165 e. The summed E-state index contributed by atoms with van der Waals surface area (Å²) < 4.78 is 0. The number of thioether (sulfide) groups is 1. The molecule has 0 aliphatic carbocycles. The molecule has 1 rings (SSSR count). The molecule has 0 fully saturated rings. The van der Waals surface area contributed by atoms with Crippen molar-refractivity contribution in [1.29, 1.82) is 0 Å². The highest BCUT2D eigenvalue weighted by Gasteiger charge is 2.02. The number of rotatable bonds is 4. The van der Waals surface area contributed by atoms with Crippen LogP contribution in [-0.2, 0) is 0 Å². The summed E-state index contributed by atoms with van der Waals surface area (Å²) in [7, 11) is 0. The lowest BCUT2D eigenvalue weighted by Gasteiger charge is -2.03. The number of aliphatic hydroxyl groups is 1. The molecule has 1 heterocycles. The molecule has 0 bridgehead atoms. The van der Waals surface area contributed by atoms with E-state index < -0.39 is 6.10 Å². The van der Waals surface area contributed by atoms with Crippen molar-refractivity contribution in [3.63, 3.8) is 0 Å². The lowest BCUT2D eigenvalue weighted by atomic mass is 10.4. The van der Waals surface area contributed by atoms with Crippen molar-refractivity contribution in [3.05, 3.63) is 12.4 Å². The summed E-state index contributed by atoms with van der Waals surface area (Å²) in [6.07, 6.45) is 2.99. The molecule has 0 aromatic carbocycles. The van der Waals surface area contributed by atoms with Crippen LogP contribution in [-0.4, -0.2) is 33.5 Å². The van der Waals surface area contributed by atoms with E-state index >= 15 is 0 Å². The molecule has 4 nitrogen and oxygen atoms in total. The fourth-order valence-corrected chi connectivity index (χ4v) is 1.35. The minimum absolute atomic E-state index is 0.299. The standard InChI is InChI=1S/C6H11N3OS/c7-3-5(10)4-11-6-8-1-2-9-6/h1-2,5,10H,3-4,7H2,(H,8,9)/t5-/m1/s1. The van der Waals surface area contributed by atoms with Crippen molar-refractivity contribution >= 4 is 11.8 Å². The first-order valence-electron chi connectivity index (χ1n) is 3.33. The van der Waals surface area contributed by atoms with Crippen LogP contribution in [0.2, 0.25) is 0 Å². The molecule has 0 spiro atoms. The number of aromatic amines is 1. The summed E-state index contributed by atoms with van der Waals surface area (Å²) in [5.41, 5.74) is 5.22. The van der Waals surface area contributed by atoms with Crippen LogP contribution >= 0.6 is 11.8 Å². The Hall–Kier alpha value is -0.520. The molecule has 5 heteroatoms. The first-order valence-corrected chi connectivity index (χ1v) is 4.32. The van der Waals surface area contributed by atoms with Crippen molar-refractivity contribution in [2.45, 2.75) is 11.3 Å². The van der Waals surface area contributed by atoms with Gasteiger partial charge in [0.15, 0.2) is 5.16 Å². The summed E-state index contributed by atoms with van der Waals surface area (Å²) in [6, 6.07) is 0. The molecule has 0 amide bonds. The summed E-state index contributed by atoms with van der Waals surface area (Å²) >= 11 is 1.46. The zero-order valence-corrected chi connectivity index (χ0v) is 6.84. The summed E-state index contributed by atoms with van der Waals surface area (Å²) in [5, 5.41) is 9.89. The highest BCUT2D eigenvalue weighted by Crippen LogP contribution is 2.11. The first kappa shape index (κ1) is 8.58. The van der Waals surface area contributed by atoms with Crippen molar-refractivity contribution in [1.82, 2.24) is 9.97 Å². The maximum atomic E-state index is 9.07. The van der Waals surface area contributed by atoms with Gasteiger partial charge in [-0.05, 0) is 0 Å². The molecule has 1 atom stereocenters. The van der Waals surface area contributed by atoms with Gasteiger partial charge in [-0.2, -0.15) is 0 Å². The molecule has 0 radical (unpaired) electrons. The number of nitrogens with zero attached hydrogens (tertiary/aromatic N) is 1. The lowest BCUT2D eigenvalue weighted by Crippen LogP contribution is -2.21. The van der Waals surface area contributed by atoms with E-state index in [0.29, 0.717) is 12.3 Å². The van der Waals surface area contributed by atoms with Gasteiger partial charge < -0.3 is 15.8 Å². The van der Waals surface area contributed by atoms with E-state index in [-0.39, 0.29) is 0 Å². The van der Waals surface area contributed by atoms with Crippen LogP contribution in [0, 0.1) is 0 Å². The Morgan fingerprint density at radius 1 is 1.82 bits per heavy atom. The Labute approximate surface area is 69.2 Å².